The Balaban J connectivity index is 3.09. The van der Waals surface area contributed by atoms with Crippen LogP contribution in [-0.2, 0) is 19.1 Å². The highest BCUT2D eigenvalue weighted by atomic mass is 79.9. The monoisotopic (exact) mass is 551 g/mol. The predicted molar refractivity (Wildman–Crippen MR) is 103 cm³/mol. The summed E-state index contributed by atoms with van der Waals surface area (Å²) in [6.07, 6.45) is -11.3. The number of anilines is 1. The molecule has 1 amide bonds. The minimum Gasteiger partial charge on any atom is -0.511 e. The number of halogens is 8. The number of hydrogen-bond donors (Lipinski definition) is 2. The lowest BCUT2D eigenvalue weighted by Gasteiger charge is -2.19. The molecule has 0 bridgehead atoms. The van der Waals surface area contributed by atoms with E-state index < -0.39 is 72.0 Å². The van der Waals surface area contributed by atoms with Crippen molar-refractivity contribution < 1.29 is 55.0 Å². The number of alkyl halides is 6. The molecular formula is C19H17BrF7NO5. The second-order valence-electron chi connectivity index (χ2n) is 6.78. The molecule has 0 fully saturated rings. The van der Waals surface area contributed by atoms with Crippen molar-refractivity contribution >= 4 is 39.3 Å². The maximum atomic E-state index is 13.6. The van der Waals surface area contributed by atoms with Crippen LogP contribution in [0.2, 0.25) is 0 Å². The van der Waals surface area contributed by atoms with E-state index in [2.05, 4.69) is 20.7 Å². The summed E-state index contributed by atoms with van der Waals surface area (Å²) >= 11 is 2.85. The molecule has 1 aromatic carbocycles. The normalized spacial score (nSPS) is 14.7. The summed E-state index contributed by atoms with van der Waals surface area (Å²) in [6.45, 7) is -0.301. The van der Waals surface area contributed by atoms with E-state index in [1.165, 1.54) is 6.07 Å². The Labute approximate surface area is 190 Å². The van der Waals surface area contributed by atoms with Crippen molar-refractivity contribution in [1.29, 1.82) is 0 Å². The van der Waals surface area contributed by atoms with E-state index in [-0.39, 0.29) is 10.2 Å². The van der Waals surface area contributed by atoms with Crippen molar-refractivity contribution in [2.24, 2.45) is 11.8 Å². The first-order chi connectivity index (χ1) is 14.9. The molecular weight excluding hydrogens is 535 g/mol. The minimum atomic E-state index is -5.01. The highest BCUT2D eigenvalue weighted by Gasteiger charge is 2.42. The zero-order valence-corrected chi connectivity index (χ0v) is 18.5. The summed E-state index contributed by atoms with van der Waals surface area (Å²) < 4.78 is 94.6. The number of carbonyl (C=O) groups excluding carboxylic acids is 3. The van der Waals surface area contributed by atoms with Crippen LogP contribution < -0.4 is 5.32 Å². The van der Waals surface area contributed by atoms with Crippen molar-refractivity contribution in [1.82, 2.24) is 0 Å². The van der Waals surface area contributed by atoms with Crippen LogP contribution in [0, 0.1) is 17.7 Å². The van der Waals surface area contributed by atoms with Crippen LogP contribution in [0.3, 0.4) is 0 Å². The van der Waals surface area contributed by atoms with Gasteiger partial charge in [-0.25, -0.2) is 4.39 Å². The van der Waals surface area contributed by atoms with Gasteiger partial charge >= 0.3 is 18.3 Å². The van der Waals surface area contributed by atoms with Gasteiger partial charge in [-0.1, -0.05) is 0 Å². The van der Waals surface area contributed by atoms with E-state index in [4.69, 9.17) is 0 Å². The van der Waals surface area contributed by atoms with Crippen LogP contribution in [0.15, 0.2) is 34.0 Å². The van der Waals surface area contributed by atoms with Gasteiger partial charge in [0, 0.05) is 5.69 Å². The summed E-state index contributed by atoms with van der Waals surface area (Å²) in [6, 6.07) is 3.13. The zero-order valence-electron chi connectivity index (χ0n) is 16.9. The molecule has 0 aromatic heterocycles. The highest BCUT2D eigenvalue weighted by molar-refractivity contribution is 9.10. The second-order valence-corrected chi connectivity index (χ2v) is 7.63. The van der Waals surface area contributed by atoms with Crippen molar-refractivity contribution in [3.63, 3.8) is 0 Å². The van der Waals surface area contributed by atoms with Gasteiger partial charge < -0.3 is 15.2 Å². The van der Waals surface area contributed by atoms with E-state index in [0.29, 0.717) is 13.8 Å². The lowest BCUT2D eigenvalue weighted by Crippen LogP contribution is -2.31. The number of hydrogen-bond acceptors (Lipinski definition) is 5. The van der Waals surface area contributed by atoms with E-state index in [9.17, 15) is 50.2 Å². The molecule has 184 valence electrons. The first kappa shape index (κ1) is 28.4. The first-order valence-corrected chi connectivity index (χ1v) is 9.74. The van der Waals surface area contributed by atoms with E-state index in [1.807, 2.05) is 5.32 Å². The lowest BCUT2D eigenvalue weighted by atomic mass is 10.0. The third kappa shape index (κ3) is 8.33. The average molecular weight is 552 g/mol. The Hall–Kier alpha value is -2.64. The number of ether oxygens (including phenoxy) is 1. The third-order valence-electron chi connectivity index (χ3n) is 4.33. The summed E-state index contributed by atoms with van der Waals surface area (Å²) in [5, 5.41) is 12.0. The van der Waals surface area contributed by atoms with Gasteiger partial charge in [0.2, 0.25) is 0 Å². The van der Waals surface area contributed by atoms with Gasteiger partial charge in [-0.3, -0.25) is 14.4 Å². The number of benzene rings is 1. The number of esters is 1. The van der Waals surface area contributed by atoms with Gasteiger partial charge in [-0.05, 0) is 48.0 Å². The van der Waals surface area contributed by atoms with Crippen molar-refractivity contribution in [2.45, 2.75) is 32.6 Å². The molecule has 2 N–H and O–H groups in total. The van der Waals surface area contributed by atoms with Crippen molar-refractivity contribution in [3.05, 3.63) is 39.8 Å². The molecule has 6 nitrogen and oxygen atoms in total. The molecule has 0 spiro atoms. The minimum absolute atomic E-state index is 0.0106. The lowest BCUT2D eigenvalue weighted by molar-refractivity contribution is -0.178. The SMILES string of the molecule is CC(C(=O)CC(=O)OC/C(C(=O)Nc1ccc(Br)c(F)c1)=C(/O)C(C)C(F)(F)F)C(F)(F)F. The molecule has 2 atom stereocenters. The fourth-order valence-corrected chi connectivity index (χ4v) is 2.38. The van der Waals surface area contributed by atoms with Crippen LogP contribution in [0.5, 0.6) is 0 Å². The topological polar surface area (TPSA) is 92.7 Å². The molecule has 14 heteroatoms. The molecule has 0 aliphatic carbocycles. The van der Waals surface area contributed by atoms with Gasteiger partial charge in [0.25, 0.3) is 5.91 Å². The Kier molecular flexibility index (Phi) is 9.45. The first-order valence-electron chi connectivity index (χ1n) is 8.95. The Morgan fingerprint density at radius 1 is 1.06 bits per heavy atom. The van der Waals surface area contributed by atoms with Gasteiger partial charge in [-0.15, -0.1) is 0 Å². The van der Waals surface area contributed by atoms with Crippen LogP contribution in [0.25, 0.3) is 0 Å². The molecule has 1 rings (SSSR count). The number of amides is 1. The van der Waals surface area contributed by atoms with Gasteiger partial charge in [0.15, 0.2) is 5.78 Å². The van der Waals surface area contributed by atoms with Crippen LogP contribution in [0.1, 0.15) is 20.3 Å². The molecule has 0 aliphatic rings. The number of allylic oxidation sites excluding steroid dienone is 1. The van der Waals surface area contributed by atoms with Crippen LogP contribution >= 0.6 is 15.9 Å². The quantitative estimate of drug-likeness (QED) is 0.151. The number of rotatable bonds is 8. The standard InChI is InChI=1S/C19H17BrF7NO5/c1-8(18(22,23)24)14(29)6-15(30)33-7-11(16(31)9(2)19(25,26)27)17(32)28-10-3-4-12(20)13(21)5-10/h3-5,8-9,31H,6-7H2,1-2H3,(H,28,32)/b16-11-. The molecule has 0 radical (unpaired) electrons. The van der Waals surface area contributed by atoms with Gasteiger partial charge in [-0.2, -0.15) is 26.3 Å². The van der Waals surface area contributed by atoms with Crippen molar-refractivity contribution in [3.8, 4) is 0 Å². The third-order valence-corrected chi connectivity index (χ3v) is 4.98. The molecule has 33 heavy (non-hydrogen) atoms. The largest absolute Gasteiger partial charge is 0.511 e. The highest BCUT2D eigenvalue weighted by Crippen LogP contribution is 2.32. The summed E-state index contributed by atoms with van der Waals surface area (Å²) in [4.78, 5) is 35.6. The smallest absolute Gasteiger partial charge is 0.398 e. The number of nitrogens with one attached hydrogen (secondary N) is 1. The van der Waals surface area contributed by atoms with Crippen LogP contribution in [-0.4, -0.2) is 41.7 Å². The molecule has 2 unspecified atom stereocenters. The van der Waals surface area contributed by atoms with Gasteiger partial charge in [0.1, 0.15) is 36.4 Å². The molecule has 1 aromatic rings. The summed E-state index contributed by atoms with van der Waals surface area (Å²) in [5.74, 6) is -12.0. The summed E-state index contributed by atoms with van der Waals surface area (Å²) in [7, 11) is 0. The van der Waals surface area contributed by atoms with E-state index >= 15 is 0 Å². The average Bonchev–Trinajstić information content (AvgIpc) is 2.67. The van der Waals surface area contributed by atoms with Crippen molar-refractivity contribution in [2.75, 3.05) is 11.9 Å². The van der Waals surface area contributed by atoms with Crippen LogP contribution in [0.4, 0.5) is 36.4 Å². The second kappa shape index (κ2) is 11.0. The molecule has 0 saturated carbocycles. The number of Topliss-reactive ketones (excluding diaryl/α,β-unsaturated/α-hetero) is 1. The number of aliphatic hydroxyl groups excluding tert-OH is 1. The Morgan fingerprint density at radius 3 is 2.09 bits per heavy atom. The fourth-order valence-electron chi connectivity index (χ4n) is 2.13. The maximum absolute atomic E-state index is 13.6. The molecule has 0 heterocycles. The maximum Gasteiger partial charge on any atom is 0.398 e. The Morgan fingerprint density at radius 2 is 1.61 bits per heavy atom. The number of carbonyl (C=O) groups is 3. The summed E-state index contributed by atoms with van der Waals surface area (Å²) in [5.41, 5.74) is -1.33. The van der Waals surface area contributed by atoms with Gasteiger partial charge in [0.05, 0.1) is 10.0 Å². The molecule has 0 saturated heterocycles. The predicted octanol–water partition coefficient (Wildman–Crippen LogP) is 5.24. The van der Waals surface area contributed by atoms with E-state index in [1.54, 1.807) is 0 Å². The Bertz CT molecular complexity index is 943. The molecule has 0 aliphatic heterocycles. The number of ketones is 1. The fraction of sp³-hybridized carbons (Fsp3) is 0.421. The zero-order chi connectivity index (χ0) is 25.7. The van der Waals surface area contributed by atoms with E-state index in [0.717, 1.165) is 12.1 Å². The number of aliphatic hydroxyl groups is 1.